The maximum atomic E-state index is 10.6. The number of hydrogen-bond donors (Lipinski definition) is 0. The second kappa shape index (κ2) is 3.28. The van der Waals surface area contributed by atoms with E-state index in [1.165, 1.54) is 0 Å². The van der Waals surface area contributed by atoms with Crippen LogP contribution in [0.25, 0.3) is 0 Å². The van der Waals surface area contributed by atoms with E-state index in [-0.39, 0.29) is 5.88 Å². The highest BCUT2D eigenvalue weighted by Gasteiger charge is 2.28. The van der Waals surface area contributed by atoms with Gasteiger partial charge in [-0.2, -0.15) is 0 Å². The highest BCUT2D eigenvalue weighted by Crippen LogP contribution is 2.19. The van der Waals surface area contributed by atoms with Gasteiger partial charge in [0.1, 0.15) is 11.9 Å². The molecule has 0 amide bonds. The predicted octanol–water partition coefficient (Wildman–Crippen LogP) is 1.95. The molecule has 0 aromatic heterocycles. The van der Waals surface area contributed by atoms with Crippen molar-refractivity contribution in [2.24, 2.45) is 5.41 Å². The molecule has 0 bridgehead atoms. The van der Waals surface area contributed by atoms with E-state index in [4.69, 9.17) is 23.5 Å². The first kappa shape index (κ1) is 9.05. The van der Waals surface area contributed by atoms with Gasteiger partial charge in [0.2, 0.25) is 0 Å². The van der Waals surface area contributed by atoms with Gasteiger partial charge in [-0.15, -0.1) is 11.6 Å². The molecule has 54 valence electrons. The monoisotopic (exact) mass is 170 g/mol. The van der Waals surface area contributed by atoms with Crippen molar-refractivity contribution < 1.29 is 9.08 Å². The molecule has 0 heterocycles. The van der Waals surface area contributed by atoms with E-state index >= 15 is 0 Å². The van der Waals surface area contributed by atoms with Crippen molar-refractivity contribution >= 4 is 29.4 Å². The zero-order valence-corrected chi connectivity index (χ0v) is 6.79. The molecule has 0 N–H and O–H groups in total. The summed E-state index contributed by atoms with van der Waals surface area (Å²) in [6.45, 7) is 3.31. The second-order valence-corrected chi connectivity index (χ2v) is 2.80. The molecule has 0 saturated carbocycles. The maximum absolute atomic E-state index is 10.6. The third-order valence-electron chi connectivity index (χ3n) is 0.957. The molecule has 0 fully saturated rings. The molecule has 4 heteroatoms. The molecule has 9 heavy (non-hydrogen) atoms. The number of rotatable bonds is 2. The molecule has 0 rings (SSSR count). The van der Waals surface area contributed by atoms with E-state index < -0.39 is 11.4 Å². The molecule has 2 nitrogen and oxygen atoms in total. The van der Waals surface area contributed by atoms with Crippen LogP contribution in [0.3, 0.4) is 0 Å². The number of carbonyl (C=O) groups excluding carboxylic acids is 1. The van der Waals surface area contributed by atoms with Crippen molar-refractivity contribution in [3.8, 4) is 0 Å². The molecule has 0 aliphatic heterocycles. The van der Waals surface area contributed by atoms with E-state index in [9.17, 15) is 4.79 Å². The van der Waals surface area contributed by atoms with Crippen LogP contribution in [0.1, 0.15) is 13.8 Å². The SMILES string of the molecule is CC(C)(CCl)C(=O)OCl. The summed E-state index contributed by atoms with van der Waals surface area (Å²) >= 11 is 10.2. The Kier molecular flexibility index (Phi) is 3.30. The molecule has 0 aliphatic carbocycles. The maximum Gasteiger partial charge on any atom is 0.331 e. The van der Waals surface area contributed by atoms with Gasteiger partial charge < -0.3 is 4.29 Å². The normalized spacial score (nSPS) is 11.1. The minimum Gasteiger partial charge on any atom is -0.347 e. The highest BCUT2D eigenvalue weighted by atomic mass is 35.5. The lowest BCUT2D eigenvalue weighted by molar-refractivity contribution is -0.142. The lowest BCUT2D eigenvalue weighted by Gasteiger charge is -2.14. The number of alkyl halides is 1. The number of halogens is 2. The van der Waals surface area contributed by atoms with Crippen LogP contribution >= 0.6 is 23.5 Å². The first-order valence-electron chi connectivity index (χ1n) is 2.43. The molecule has 0 aromatic carbocycles. The zero-order valence-electron chi connectivity index (χ0n) is 5.28. The molecule has 0 spiro atoms. The minimum absolute atomic E-state index is 0.207. The van der Waals surface area contributed by atoms with Gasteiger partial charge in [-0.3, -0.25) is 0 Å². The average molecular weight is 171 g/mol. The van der Waals surface area contributed by atoms with Crippen molar-refractivity contribution in [1.82, 2.24) is 0 Å². The van der Waals surface area contributed by atoms with E-state index in [1.807, 2.05) is 0 Å². The van der Waals surface area contributed by atoms with E-state index in [2.05, 4.69) is 4.29 Å². The smallest absolute Gasteiger partial charge is 0.331 e. The van der Waals surface area contributed by atoms with Gasteiger partial charge in [0.25, 0.3) is 0 Å². The van der Waals surface area contributed by atoms with Crippen LogP contribution in [0.15, 0.2) is 0 Å². The Morgan fingerprint density at radius 3 is 2.22 bits per heavy atom. The second-order valence-electron chi connectivity index (χ2n) is 2.38. The Bertz CT molecular complexity index is 112. The van der Waals surface area contributed by atoms with Crippen molar-refractivity contribution in [2.45, 2.75) is 13.8 Å². The molecular formula is C5H8Cl2O2. The van der Waals surface area contributed by atoms with Gasteiger partial charge in [-0.05, 0) is 13.8 Å². The van der Waals surface area contributed by atoms with Crippen LogP contribution in [0.2, 0.25) is 0 Å². The molecule has 0 aliphatic rings. The highest BCUT2D eigenvalue weighted by molar-refractivity contribution is 6.20. The standard InChI is InChI=1S/C5H8Cl2O2/c1-5(2,3-6)4(8)9-7/h3H2,1-2H3. The molecule has 0 unspecified atom stereocenters. The number of carbonyl (C=O) groups is 1. The fourth-order valence-electron chi connectivity index (χ4n) is 0.159. The van der Waals surface area contributed by atoms with Crippen LogP contribution in [-0.4, -0.2) is 11.8 Å². The lowest BCUT2D eigenvalue weighted by atomic mass is 9.97. The minimum atomic E-state index is -0.677. The van der Waals surface area contributed by atoms with Crippen molar-refractivity contribution in [3.05, 3.63) is 0 Å². The third-order valence-corrected chi connectivity index (χ3v) is 1.77. The topological polar surface area (TPSA) is 26.3 Å². The first-order valence-corrected chi connectivity index (χ1v) is 3.28. The summed E-state index contributed by atoms with van der Waals surface area (Å²) < 4.78 is 3.95. The Balaban J connectivity index is 3.97. The molecule has 0 atom stereocenters. The lowest BCUT2D eigenvalue weighted by Crippen LogP contribution is -2.25. The van der Waals surface area contributed by atoms with Gasteiger partial charge in [0.15, 0.2) is 0 Å². The molecule has 0 aromatic rings. The van der Waals surface area contributed by atoms with E-state index in [0.717, 1.165) is 0 Å². The quantitative estimate of drug-likeness (QED) is 0.593. The first-order chi connectivity index (χ1) is 4.04. The van der Waals surface area contributed by atoms with Crippen molar-refractivity contribution in [2.75, 3.05) is 5.88 Å². The van der Waals surface area contributed by atoms with Crippen LogP contribution in [-0.2, 0) is 9.08 Å². The van der Waals surface area contributed by atoms with E-state index in [0.29, 0.717) is 0 Å². The van der Waals surface area contributed by atoms with Gasteiger partial charge in [-0.1, -0.05) is 0 Å². The third kappa shape index (κ3) is 2.41. The number of hydrogen-bond acceptors (Lipinski definition) is 2. The Morgan fingerprint density at radius 1 is 1.67 bits per heavy atom. The van der Waals surface area contributed by atoms with Gasteiger partial charge >= 0.3 is 5.97 Å². The largest absolute Gasteiger partial charge is 0.347 e. The van der Waals surface area contributed by atoms with E-state index in [1.54, 1.807) is 13.8 Å². The van der Waals surface area contributed by atoms with Gasteiger partial charge in [-0.25, -0.2) is 4.79 Å². The summed E-state index contributed by atoms with van der Waals surface area (Å²) in [5.41, 5.74) is -0.677. The Morgan fingerprint density at radius 2 is 2.11 bits per heavy atom. The van der Waals surface area contributed by atoms with Crippen LogP contribution in [0.4, 0.5) is 0 Å². The van der Waals surface area contributed by atoms with Crippen molar-refractivity contribution in [1.29, 1.82) is 0 Å². The molecule has 0 saturated heterocycles. The Hall–Kier alpha value is 0.0500. The summed E-state index contributed by atoms with van der Waals surface area (Å²) in [6.07, 6.45) is 0. The Labute approximate surface area is 64.3 Å². The average Bonchev–Trinajstić information content (AvgIpc) is 1.86. The fourth-order valence-corrected chi connectivity index (χ4v) is 0.477. The van der Waals surface area contributed by atoms with Gasteiger partial charge in [0.05, 0.1) is 5.41 Å². The molecular weight excluding hydrogens is 163 g/mol. The predicted molar refractivity (Wildman–Crippen MR) is 36.4 cm³/mol. The van der Waals surface area contributed by atoms with Crippen LogP contribution in [0.5, 0.6) is 0 Å². The van der Waals surface area contributed by atoms with Crippen molar-refractivity contribution in [3.63, 3.8) is 0 Å². The summed E-state index contributed by atoms with van der Waals surface area (Å²) in [5, 5.41) is 0. The summed E-state index contributed by atoms with van der Waals surface area (Å²) in [4.78, 5) is 10.6. The van der Waals surface area contributed by atoms with Crippen LogP contribution in [0, 0.1) is 5.41 Å². The fraction of sp³-hybridized carbons (Fsp3) is 0.800. The summed E-state index contributed by atoms with van der Waals surface area (Å²) in [5.74, 6) is -0.294. The zero-order chi connectivity index (χ0) is 7.49. The summed E-state index contributed by atoms with van der Waals surface area (Å²) in [6, 6.07) is 0. The van der Waals surface area contributed by atoms with Crippen LogP contribution < -0.4 is 0 Å². The summed E-state index contributed by atoms with van der Waals surface area (Å²) in [7, 11) is 0. The van der Waals surface area contributed by atoms with Gasteiger partial charge in [0, 0.05) is 5.88 Å². The molecule has 0 radical (unpaired) electrons.